The molecule has 0 N–H and O–H groups in total. The molecule has 2 aromatic rings. The van der Waals surface area contributed by atoms with Gasteiger partial charge in [0.25, 0.3) is 0 Å². The number of hydrogen-bond acceptors (Lipinski definition) is 4. The lowest BCUT2D eigenvalue weighted by molar-refractivity contribution is 0.429. The highest BCUT2D eigenvalue weighted by molar-refractivity contribution is 7.98. The zero-order valence-electron chi connectivity index (χ0n) is 14.0. The van der Waals surface area contributed by atoms with E-state index < -0.39 is 0 Å². The molecule has 2 heterocycles. The van der Waals surface area contributed by atoms with Crippen LogP contribution < -0.4 is 4.90 Å². The molecule has 0 unspecified atom stereocenters. The lowest BCUT2D eigenvalue weighted by Gasteiger charge is -2.31. The van der Waals surface area contributed by atoms with E-state index in [1.807, 2.05) is 18.2 Å². The van der Waals surface area contributed by atoms with Gasteiger partial charge in [0, 0.05) is 29.9 Å². The molecule has 1 aliphatic carbocycles. The van der Waals surface area contributed by atoms with Crippen LogP contribution in [0.2, 0.25) is 5.02 Å². The average molecular weight is 363 g/mol. The van der Waals surface area contributed by atoms with E-state index >= 15 is 0 Å². The van der Waals surface area contributed by atoms with Crippen LogP contribution in [-0.2, 0) is 5.75 Å². The number of aromatic nitrogens is 3. The molecule has 2 aliphatic rings. The second-order valence-corrected chi connectivity index (χ2v) is 8.35. The smallest absolute Gasteiger partial charge is 0.228 e. The molecule has 1 saturated heterocycles. The number of piperidine rings is 1. The fourth-order valence-electron chi connectivity index (χ4n) is 3.22. The van der Waals surface area contributed by atoms with Gasteiger partial charge in [-0.05, 0) is 49.3 Å². The second kappa shape index (κ2) is 6.96. The van der Waals surface area contributed by atoms with Gasteiger partial charge in [0.05, 0.1) is 0 Å². The van der Waals surface area contributed by atoms with Crippen molar-refractivity contribution >= 4 is 29.3 Å². The van der Waals surface area contributed by atoms with Crippen LogP contribution in [-0.4, -0.2) is 27.9 Å². The molecule has 2 fully saturated rings. The minimum Gasteiger partial charge on any atom is -0.341 e. The fourth-order valence-corrected chi connectivity index (χ4v) is 4.38. The SMILES string of the molecule is CC1CCN(c2nnc(SCc3cccc(Cl)c3)n2C2CC2)CC1. The molecule has 0 amide bonds. The summed E-state index contributed by atoms with van der Waals surface area (Å²) in [5.74, 6) is 2.79. The first-order valence-electron chi connectivity index (χ1n) is 8.78. The van der Waals surface area contributed by atoms with Gasteiger partial charge in [0.2, 0.25) is 5.95 Å². The summed E-state index contributed by atoms with van der Waals surface area (Å²) < 4.78 is 2.38. The van der Waals surface area contributed by atoms with E-state index in [9.17, 15) is 0 Å². The number of thioether (sulfide) groups is 1. The third kappa shape index (κ3) is 3.57. The standard InChI is InChI=1S/C18H23ClN4S/c1-13-7-9-22(10-8-13)17-20-21-18(23(17)16-5-6-16)24-12-14-3-2-4-15(19)11-14/h2-4,11,13,16H,5-10,12H2,1H3. The molecule has 4 rings (SSSR count). The quantitative estimate of drug-likeness (QED) is 0.716. The average Bonchev–Trinajstić information content (AvgIpc) is 3.33. The summed E-state index contributed by atoms with van der Waals surface area (Å²) in [6.45, 7) is 4.55. The normalized spacial score (nSPS) is 19.0. The van der Waals surface area contributed by atoms with Gasteiger partial charge in [-0.15, -0.1) is 10.2 Å². The molecule has 0 radical (unpaired) electrons. The highest BCUT2D eigenvalue weighted by Gasteiger charge is 2.32. The molecule has 0 spiro atoms. The Morgan fingerprint density at radius 1 is 1.17 bits per heavy atom. The first-order chi connectivity index (χ1) is 11.7. The molecule has 6 heteroatoms. The van der Waals surface area contributed by atoms with Crippen LogP contribution in [0.3, 0.4) is 0 Å². The van der Waals surface area contributed by atoms with E-state index in [1.54, 1.807) is 11.8 Å². The molecule has 1 aromatic carbocycles. The lowest BCUT2D eigenvalue weighted by atomic mass is 10.00. The Bertz CT molecular complexity index is 705. The number of nitrogens with zero attached hydrogens (tertiary/aromatic N) is 4. The number of benzene rings is 1. The monoisotopic (exact) mass is 362 g/mol. The van der Waals surface area contributed by atoms with Gasteiger partial charge in [0.15, 0.2) is 5.16 Å². The Hall–Kier alpha value is -1.20. The van der Waals surface area contributed by atoms with E-state index in [4.69, 9.17) is 11.6 Å². The Labute approximate surface area is 152 Å². The van der Waals surface area contributed by atoms with E-state index in [0.29, 0.717) is 6.04 Å². The maximum absolute atomic E-state index is 6.09. The van der Waals surface area contributed by atoms with E-state index in [-0.39, 0.29) is 0 Å². The summed E-state index contributed by atoms with van der Waals surface area (Å²) in [5.41, 5.74) is 1.23. The van der Waals surface area contributed by atoms with Crippen molar-refractivity contribution in [2.24, 2.45) is 5.92 Å². The van der Waals surface area contributed by atoms with Crippen molar-refractivity contribution in [2.45, 2.75) is 49.6 Å². The fraction of sp³-hybridized carbons (Fsp3) is 0.556. The predicted octanol–water partition coefficient (Wildman–Crippen LogP) is 4.80. The van der Waals surface area contributed by atoms with Gasteiger partial charge in [-0.25, -0.2) is 0 Å². The second-order valence-electron chi connectivity index (χ2n) is 6.97. The summed E-state index contributed by atoms with van der Waals surface area (Å²) in [4.78, 5) is 2.43. The summed E-state index contributed by atoms with van der Waals surface area (Å²) in [7, 11) is 0. The van der Waals surface area contributed by atoms with Gasteiger partial charge in [0.1, 0.15) is 0 Å². The summed E-state index contributed by atoms with van der Waals surface area (Å²) in [6, 6.07) is 8.65. The van der Waals surface area contributed by atoms with Gasteiger partial charge >= 0.3 is 0 Å². The van der Waals surface area contributed by atoms with Crippen molar-refractivity contribution in [3.05, 3.63) is 34.9 Å². The molecule has 128 valence electrons. The molecular weight excluding hydrogens is 340 g/mol. The van der Waals surface area contributed by atoms with Crippen LogP contribution in [0.1, 0.15) is 44.2 Å². The van der Waals surface area contributed by atoms with E-state index in [0.717, 1.165) is 40.9 Å². The Balaban J connectivity index is 1.51. The largest absolute Gasteiger partial charge is 0.341 e. The predicted molar refractivity (Wildman–Crippen MR) is 99.9 cm³/mol. The minimum atomic E-state index is 0.594. The first kappa shape index (κ1) is 16.3. The zero-order valence-corrected chi connectivity index (χ0v) is 15.6. The third-order valence-electron chi connectivity index (χ3n) is 4.88. The molecule has 1 aromatic heterocycles. The van der Waals surface area contributed by atoms with Crippen LogP contribution in [0.25, 0.3) is 0 Å². The van der Waals surface area contributed by atoms with Gasteiger partial charge in [-0.2, -0.15) is 0 Å². The van der Waals surface area contributed by atoms with Crippen molar-refractivity contribution in [3.8, 4) is 0 Å². The Kier molecular flexibility index (Phi) is 4.72. The third-order valence-corrected chi connectivity index (χ3v) is 6.13. The van der Waals surface area contributed by atoms with Crippen molar-refractivity contribution < 1.29 is 0 Å². The molecular formula is C18H23ClN4S. The van der Waals surface area contributed by atoms with Crippen LogP contribution in [0.4, 0.5) is 5.95 Å². The number of halogens is 1. The molecule has 0 bridgehead atoms. The lowest BCUT2D eigenvalue weighted by Crippen LogP contribution is -2.34. The Morgan fingerprint density at radius 2 is 1.96 bits per heavy atom. The molecule has 24 heavy (non-hydrogen) atoms. The van der Waals surface area contributed by atoms with Crippen molar-refractivity contribution in [3.63, 3.8) is 0 Å². The first-order valence-corrected chi connectivity index (χ1v) is 10.1. The van der Waals surface area contributed by atoms with Gasteiger partial charge in [-0.3, -0.25) is 4.57 Å². The zero-order chi connectivity index (χ0) is 16.5. The van der Waals surface area contributed by atoms with Crippen LogP contribution in [0, 0.1) is 5.92 Å². The maximum Gasteiger partial charge on any atom is 0.228 e. The van der Waals surface area contributed by atoms with Crippen LogP contribution in [0.5, 0.6) is 0 Å². The Morgan fingerprint density at radius 3 is 2.67 bits per heavy atom. The number of rotatable bonds is 5. The molecule has 1 saturated carbocycles. The highest BCUT2D eigenvalue weighted by Crippen LogP contribution is 2.42. The highest BCUT2D eigenvalue weighted by atomic mass is 35.5. The number of hydrogen-bond donors (Lipinski definition) is 0. The molecule has 1 aliphatic heterocycles. The van der Waals surface area contributed by atoms with Gasteiger partial charge in [-0.1, -0.05) is 42.4 Å². The minimum absolute atomic E-state index is 0.594. The van der Waals surface area contributed by atoms with Gasteiger partial charge < -0.3 is 4.90 Å². The van der Waals surface area contributed by atoms with Crippen molar-refractivity contribution in [2.75, 3.05) is 18.0 Å². The topological polar surface area (TPSA) is 34.0 Å². The number of anilines is 1. The van der Waals surface area contributed by atoms with E-state index in [1.165, 1.54) is 31.2 Å². The van der Waals surface area contributed by atoms with Crippen LogP contribution in [0.15, 0.2) is 29.4 Å². The van der Waals surface area contributed by atoms with Crippen LogP contribution >= 0.6 is 23.4 Å². The van der Waals surface area contributed by atoms with E-state index in [2.05, 4.69) is 32.7 Å². The van der Waals surface area contributed by atoms with Crippen molar-refractivity contribution in [1.82, 2.24) is 14.8 Å². The maximum atomic E-state index is 6.09. The molecule has 0 atom stereocenters. The van der Waals surface area contributed by atoms with Crippen molar-refractivity contribution in [1.29, 1.82) is 0 Å². The molecule has 4 nitrogen and oxygen atoms in total. The summed E-state index contributed by atoms with van der Waals surface area (Å²) in [6.07, 6.45) is 5.01. The summed E-state index contributed by atoms with van der Waals surface area (Å²) in [5, 5.41) is 10.9. The summed E-state index contributed by atoms with van der Waals surface area (Å²) >= 11 is 7.85.